The summed E-state index contributed by atoms with van der Waals surface area (Å²) in [4.78, 5) is 28.6. The second kappa shape index (κ2) is 5.16. The van der Waals surface area contributed by atoms with Gasteiger partial charge in [-0.15, -0.1) is 0 Å². The van der Waals surface area contributed by atoms with Gasteiger partial charge in [0, 0.05) is 12.3 Å². The molecule has 0 spiro atoms. The lowest BCUT2D eigenvalue weighted by Crippen LogP contribution is -2.31. The Morgan fingerprint density at radius 1 is 1.69 bits per heavy atom. The number of hydrogen-bond acceptors (Lipinski definition) is 4. The Hall–Kier alpha value is -1.30. The van der Waals surface area contributed by atoms with E-state index in [0.29, 0.717) is 11.6 Å². The molecule has 5 nitrogen and oxygen atoms in total. The highest BCUT2D eigenvalue weighted by atomic mass is 32.2. The summed E-state index contributed by atoms with van der Waals surface area (Å²) in [6, 6.07) is 1.29. The highest BCUT2D eigenvalue weighted by Crippen LogP contribution is 2.34. The van der Waals surface area contributed by atoms with E-state index in [0.717, 1.165) is 18.2 Å². The third kappa shape index (κ3) is 3.10. The van der Waals surface area contributed by atoms with E-state index in [1.54, 1.807) is 6.92 Å². The normalized spacial score (nSPS) is 14.4. The van der Waals surface area contributed by atoms with Gasteiger partial charge >= 0.3 is 5.97 Å². The molecule has 0 aliphatic rings. The molecule has 1 aromatic heterocycles. The van der Waals surface area contributed by atoms with Crippen LogP contribution in [0.4, 0.5) is 0 Å². The van der Waals surface area contributed by atoms with Crippen molar-refractivity contribution in [2.24, 2.45) is 0 Å². The maximum absolute atomic E-state index is 11.2. The van der Waals surface area contributed by atoms with Crippen molar-refractivity contribution in [1.82, 2.24) is 9.97 Å². The average Bonchev–Trinajstić information content (AvgIpc) is 2.17. The number of thioether (sulfide) groups is 1. The summed E-state index contributed by atoms with van der Waals surface area (Å²) in [5.41, 5.74) is -0.276. The van der Waals surface area contributed by atoms with Crippen molar-refractivity contribution in [3.63, 3.8) is 0 Å². The maximum Gasteiger partial charge on any atom is 0.319 e. The van der Waals surface area contributed by atoms with Crippen molar-refractivity contribution in [1.29, 1.82) is 0 Å². The summed E-state index contributed by atoms with van der Waals surface area (Å²) >= 11 is 1.07. The molecule has 0 fully saturated rings. The standard InChI is InChI=1S/C10H14N2O3S/c1-3-5-10(2,8(14)15)16-9-11-6-4-7(13)12-9/h4,6H,3,5H2,1-2H3,(H,14,15)(H,11,12,13). The van der Waals surface area contributed by atoms with Crippen LogP contribution in [0.15, 0.2) is 22.2 Å². The molecular weight excluding hydrogens is 228 g/mol. The van der Waals surface area contributed by atoms with E-state index in [1.165, 1.54) is 12.3 Å². The SMILES string of the molecule is CCCC(C)(Sc1nccc(=O)[nH]1)C(=O)O. The fraction of sp³-hybridized carbons (Fsp3) is 0.500. The van der Waals surface area contributed by atoms with Crippen LogP contribution in [0.5, 0.6) is 0 Å². The number of carbonyl (C=O) groups is 1. The molecule has 88 valence electrons. The van der Waals surface area contributed by atoms with Gasteiger partial charge in [-0.25, -0.2) is 4.98 Å². The molecule has 6 heteroatoms. The van der Waals surface area contributed by atoms with Gasteiger partial charge in [0.2, 0.25) is 0 Å². The van der Waals surface area contributed by atoms with E-state index in [4.69, 9.17) is 5.11 Å². The Morgan fingerprint density at radius 2 is 2.38 bits per heavy atom. The Morgan fingerprint density at radius 3 is 2.88 bits per heavy atom. The Kier molecular flexibility index (Phi) is 4.12. The number of aromatic amines is 1. The van der Waals surface area contributed by atoms with E-state index in [9.17, 15) is 9.59 Å². The topological polar surface area (TPSA) is 83.0 Å². The molecule has 0 amide bonds. The minimum Gasteiger partial charge on any atom is -0.480 e. The Bertz CT molecular complexity index is 432. The van der Waals surface area contributed by atoms with Crippen LogP contribution < -0.4 is 5.56 Å². The lowest BCUT2D eigenvalue weighted by atomic mass is 10.1. The number of nitrogens with one attached hydrogen (secondary N) is 1. The van der Waals surface area contributed by atoms with Crippen LogP contribution in [-0.4, -0.2) is 25.8 Å². The van der Waals surface area contributed by atoms with Crippen LogP contribution in [0.1, 0.15) is 26.7 Å². The first kappa shape index (κ1) is 12.8. The molecule has 0 radical (unpaired) electrons. The lowest BCUT2D eigenvalue weighted by molar-refractivity contribution is -0.139. The predicted octanol–water partition coefficient (Wildman–Crippen LogP) is 1.51. The summed E-state index contributed by atoms with van der Waals surface area (Å²) < 4.78 is -0.952. The first-order chi connectivity index (χ1) is 7.48. The number of aromatic nitrogens is 2. The molecule has 1 rings (SSSR count). The van der Waals surface area contributed by atoms with Crippen molar-refractivity contribution in [3.8, 4) is 0 Å². The van der Waals surface area contributed by atoms with E-state index in [1.807, 2.05) is 6.92 Å². The van der Waals surface area contributed by atoms with Gasteiger partial charge in [-0.2, -0.15) is 0 Å². The van der Waals surface area contributed by atoms with Crippen molar-refractivity contribution >= 4 is 17.7 Å². The quantitative estimate of drug-likeness (QED) is 0.604. The molecular formula is C10H14N2O3S. The van der Waals surface area contributed by atoms with Gasteiger partial charge in [0.15, 0.2) is 5.16 Å². The molecule has 1 atom stereocenters. The molecule has 1 aromatic rings. The van der Waals surface area contributed by atoms with Gasteiger partial charge in [-0.3, -0.25) is 9.59 Å². The number of rotatable bonds is 5. The number of hydrogen-bond donors (Lipinski definition) is 2. The molecule has 0 saturated heterocycles. The first-order valence-corrected chi connectivity index (χ1v) is 5.77. The number of carboxylic acids is 1. The maximum atomic E-state index is 11.2. The van der Waals surface area contributed by atoms with Crippen molar-refractivity contribution in [2.45, 2.75) is 36.6 Å². The number of aliphatic carboxylic acids is 1. The first-order valence-electron chi connectivity index (χ1n) is 4.95. The van der Waals surface area contributed by atoms with Crippen LogP contribution in [0, 0.1) is 0 Å². The van der Waals surface area contributed by atoms with Gasteiger partial charge in [-0.05, 0) is 13.3 Å². The Balaban J connectivity index is 2.92. The molecule has 2 N–H and O–H groups in total. The summed E-state index contributed by atoms with van der Waals surface area (Å²) in [5, 5.41) is 9.49. The third-order valence-electron chi connectivity index (χ3n) is 2.15. The van der Waals surface area contributed by atoms with Crippen LogP contribution in [-0.2, 0) is 4.79 Å². The summed E-state index contributed by atoms with van der Waals surface area (Å²) in [7, 11) is 0. The van der Waals surface area contributed by atoms with Crippen molar-refractivity contribution in [3.05, 3.63) is 22.6 Å². The van der Waals surface area contributed by atoms with Crippen LogP contribution in [0.25, 0.3) is 0 Å². The molecule has 1 unspecified atom stereocenters. The number of H-pyrrole nitrogens is 1. The average molecular weight is 242 g/mol. The van der Waals surface area contributed by atoms with E-state index < -0.39 is 10.7 Å². The fourth-order valence-electron chi connectivity index (χ4n) is 1.30. The molecule has 0 aromatic carbocycles. The smallest absolute Gasteiger partial charge is 0.319 e. The summed E-state index contributed by atoms with van der Waals surface area (Å²) in [6.45, 7) is 3.55. The highest BCUT2D eigenvalue weighted by molar-refractivity contribution is 8.01. The molecule has 0 bridgehead atoms. The third-order valence-corrected chi connectivity index (χ3v) is 3.38. The van der Waals surface area contributed by atoms with Gasteiger partial charge in [0.25, 0.3) is 5.56 Å². The minimum absolute atomic E-state index is 0.276. The Labute approximate surface area is 97.3 Å². The fourth-order valence-corrected chi connectivity index (χ4v) is 2.38. The summed E-state index contributed by atoms with van der Waals surface area (Å²) in [5.74, 6) is -0.897. The second-order valence-corrected chi connectivity index (χ2v) is 5.12. The van der Waals surface area contributed by atoms with Gasteiger partial charge < -0.3 is 10.1 Å². The van der Waals surface area contributed by atoms with Gasteiger partial charge in [-0.1, -0.05) is 25.1 Å². The van der Waals surface area contributed by atoms with E-state index in [-0.39, 0.29) is 5.56 Å². The van der Waals surface area contributed by atoms with E-state index >= 15 is 0 Å². The number of nitrogens with zero attached hydrogens (tertiary/aromatic N) is 1. The molecule has 1 heterocycles. The largest absolute Gasteiger partial charge is 0.480 e. The molecule has 16 heavy (non-hydrogen) atoms. The lowest BCUT2D eigenvalue weighted by Gasteiger charge is -2.22. The van der Waals surface area contributed by atoms with Gasteiger partial charge in [0.05, 0.1) is 0 Å². The highest BCUT2D eigenvalue weighted by Gasteiger charge is 2.34. The predicted molar refractivity (Wildman–Crippen MR) is 61.7 cm³/mol. The van der Waals surface area contributed by atoms with Crippen LogP contribution in [0.3, 0.4) is 0 Å². The zero-order valence-corrected chi connectivity index (χ0v) is 10.0. The van der Waals surface area contributed by atoms with Crippen LogP contribution in [0.2, 0.25) is 0 Å². The van der Waals surface area contributed by atoms with Crippen molar-refractivity contribution in [2.75, 3.05) is 0 Å². The van der Waals surface area contributed by atoms with Gasteiger partial charge in [0.1, 0.15) is 4.75 Å². The summed E-state index contributed by atoms with van der Waals surface area (Å²) in [6.07, 6.45) is 2.65. The zero-order chi connectivity index (χ0) is 12.2. The van der Waals surface area contributed by atoms with Crippen molar-refractivity contribution < 1.29 is 9.90 Å². The number of carboxylic acid groups (broad SMARTS) is 1. The minimum atomic E-state index is -0.952. The second-order valence-electron chi connectivity index (χ2n) is 3.63. The molecule has 0 saturated carbocycles. The van der Waals surface area contributed by atoms with E-state index in [2.05, 4.69) is 9.97 Å². The zero-order valence-electron chi connectivity index (χ0n) is 9.19. The molecule has 0 aliphatic heterocycles. The van der Waals surface area contributed by atoms with Crippen LogP contribution >= 0.6 is 11.8 Å². The molecule has 0 aliphatic carbocycles. The monoisotopic (exact) mass is 242 g/mol.